The summed E-state index contributed by atoms with van der Waals surface area (Å²) in [7, 11) is -4.00. The summed E-state index contributed by atoms with van der Waals surface area (Å²) in [6.07, 6.45) is 3.21. The van der Waals surface area contributed by atoms with Crippen molar-refractivity contribution in [3.63, 3.8) is 0 Å². The zero-order valence-electron chi connectivity index (χ0n) is 23.2. The number of imidazole rings is 1. The summed E-state index contributed by atoms with van der Waals surface area (Å²) in [5, 5.41) is 2.92. The molecule has 3 heterocycles. The van der Waals surface area contributed by atoms with Crippen LogP contribution in [0.1, 0.15) is 61.1 Å². The Morgan fingerprint density at radius 1 is 1.09 bits per heavy atom. The van der Waals surface area contributed by atoms with Crippen molar-refractivity contribution in [1.82, 2.24) is 19.5 Å². The van der Waals surface area contributed by atoms with Crippen molar-refractivity contribution in [3.05, 3.63) is 12.7 Å². The Labute approximate surface area is 211 Å². The number of amides is 1. The first-order valence-electron chi connectivity index (χ1n) is 12.4. The number of ether oxygens (including phenoxy) is 1. The van der Waals surface area contributed by atoms with Crippen LogP contribution in [0.3, 0.4) is 0 Å². The molecule has 3 atom stereocenters. The molecule has 0 aromatic carbocycles. The molecule has 1 saturated heterocycles. The number of carbonyl (C=O) groups excluding carboxylic acids is 1. The summed E-state index contributed by atoms with van der Waals surface area (Å²) in [6, 6.07) is 0. The van der Waals surface area contributed by atoms with E-state index in [1.807, 2.05) is 4.57 Å². The summed E-state index contributed by atoms with van der Waals surface area (Å²) in [5.74, 6) is 0.188. The summed E-state index contributed by atoms with van der Waals surface area (Å²) >= 11 is 0. The second kappa shape index (κ2) is 9.66. The minimum Gasteiger partial charge on any atom is -0.414 e. The van der Waals surface area contributed by atoms with Crippen LogP contribution in [0.25, 0.3) is 11.2 Å². The van der Waals surface area contributed by atoms with Crippen LogP contribution < -0.4 is 5.32 Å². The van der Waals surface area contributed by atoms with Crippen molar-refractivity contribution < 1.29 is 18.4 Å². The Kier molecular flexibility index (Phi) is 7.70. The molecule has 0 saturated carbocycles. The Morgan fingerprint density at radius 2 is 1.71 bits per heavy atom. The van der Waals surface area contributed by atoms with Crippen molar-refractivity contribution >= 4 is 39.5 Å². The summed E-state index contributed by atoms with van der Waals surface area (Å²) in [4.78, 5) is 24.7. The highest BCUT2D eigenvalue weighted by atomic mass is 28.4. The van der Waals surface area contributed by atoms with Gasteiger partial charge in [0.05, 0.1) is 19.0 Å². The van der Waals surface area contributed by atoms with Gasteiger partial charge in [0, 0.05) is 13.3 Å². The number of hydrogen-bond acceptors (Lipinski definition) is 7. The third-order valence-electron chi connectivity index (χ3n) is 7.81. The maximum atomic E-state index is 11.6. The maximum absolute atomic E-state index is 11.6. The van der Waals surface area contributed by atoms with Crippen LogP contribution in [0.15, 0.2) is 12.7 Å². The molecule has 2 aromatic rings. The molecule has 1 amide bonds. The lowest BCUT2D eigenvalue weighted by molar-refractivity contribution is -0.114. The zero-order valence-corrected chi connectivity index (χ0v) is 25.2. The number of aromatic nitrogens is 4. The van der Waals surface area contributed by atoms with Crippen LogP contribution in [0.4, 0.5) is 5.82 Å². The Balaban J connectivity index is 1.90. The van der Waals surface area contributed by atoms with E-state index >= 15 is 0 Å². The first kappa shape index (κ1) is 27.9. The van der Waals surface area contributed by atoms with Gasteiger partial charge in [0.1, 0.15) is 18.7 Å². The molecule has 1 fully saturated rings. The van der Waals surface area contributed by atoms with Gasteiger partial charge in [-0.25, -0.2) is 15.0 Å². The standard InChI is InChI=1S/C24H43N5O4Si2/c1-16(30)28-21-20-22(26-14-25-21)29(15-27-20)19-12-17(33-35(10,11)24(5,6)7)18(32-19)13-31-34(8,9)23(2,3)4/h14-15,17-19H,12-13H2,1-11H3,(H,25,26,28,30)/t17-,18+,19+/m0/s1. The van der Waals surface area contributed by atoms with Crippen LogP contribution >= 0.6 is 0 Å². The van der Waals surface area contributed by atoms with E-state index in [0.717, 1.165) is 0 Å². The van der Waals surface area contributed by atoms with Gasteiger partial charge in [0.2, 0.25) is 5.91 Å². The molecule has 1 N–H and O–H groups in total. The molecule has 0 radical (unpaired) electrons. The van der Waals surface area contributed by atoms with Crippen molar-refractivity contribution in [2.75, 3.05) is 11.9 Å². The fourth-order valence-corrected chi connectivity index (χ4v) is 5.90. The van der Waals surface area contributed by atoms with Gasteiger partial charge in [-0.3, -0.25) is 9.36 Å². The molecule has 11 heteroatoms. The second-order valence-electron chi connectivity index (χ2n) is 12.6. The molecule has 0 aliphatic carbocycles. The highest BCUT2D eigenvalue weighted by Gasteiger charge is 2.46. The van der Waals surface area contributed by atoms with Gasteiger partial charge in [-0.2, -0.15) is 0 Å². The lowest BCUT2D eigenvalue weighted by Crippen LogP contribution is -2.48. The monoisotopic (exact) mass is 521 g/mol. The first-order chi connectivity index (χ1) is 15.9. The minimum atomic E-state index is -2.04. The SMILES string of the molecule is CC(=O)Nc1ncnc2c1ncn2[C@H]1C[C@H](O[Si](C)(C)C(C)(C)C)[C@@H](CO[Si](C)(C)C(C)(C)C)O1. The normalized spacial score (nSPS) is 22.1. The van der Waals surface area contributed by atoms with E-state index in [0.29, 0.717) is 30.0 Å². The van der Waals surface area contributed by atoms with E-state index in [4.69, 9.17) is 13.6 Å². The van der Waals surface area contributed by atoms with Crippen LogP contribution in [-0.2, 0) is 18.4 Å². The number of nitrogens with one attached hydrogen (secondary N) is 1. The average Bonchev–Trinajstić information content (AvgIpc) is 3.28. The van der Waals surface area contributed by atoms with E-state index in [1.54, 1.807) is 6.33 Å². The van der Waals surface area contributed by atoms with Gasteiger partial charge in [-0.05, 0) is 36.3 Å². The van der Waals surface area contributed by atoms with E-state index < -0.39 is 16.6 Å². The average molecular weight is 522 g/mol. The third kappa shape index (κ3) is 6.01. The topological polar surface area (TPSA) is 100 Å². The molecule has 3 rings (SSSR count). The molecule has 0 bridgehead atoms. The van der Waals surface area contributed by atoms with Gasteiger partial charge < -0.3 is 18.9 Å². The minimum absolute atomic E-state index is 0.0815. The lowest BCUT2D eigenvalue weighted by Gasteiger charge is -2.40. The first-order valence-corrected chi connectivity index (χ1v) is 18.2. The summed E-state index contributed by atoms with van der Waals surface area (Å²) < 4.78 is 21.9. The van der Waals surface area contributed by atoms with Gasteiger partial charge in [-0.1, -0.05) is 41.5 Å². The number of hydrogen-bond donors (Lipinski definition) is 1. The number of anilines is 1. The number of fused-ring (bicyclic) bond motifs is 1. The maximum Gasteiger partial charge on any atom is 0.222 e. The fourth-order valence-electron chi connectivity index (χ4n) is 3.53. The molecule has 2 aromatic heterocycles. The lowest BCUT2D eigenvalue weighted by atomic mass is 10.2. The number of carbonyl (C=O) groups is 1. The number of nitrogens with zero attached hydrogens (tertiary/aromatic N) is 4. The molecular formula is C24H43N5O4Si2. The van der Waals surface area contributed by atoms with Crippen molar-refractivity contribution in [2.45, 2.75) is 110 Å². The summed E-state index contributed by atoms with van der Waals surface area (Å²) in [5.41, 5.74) is 1.15. The van der Waals surface area contributed by atoms with Crippen LogP contribution in [0, 0.1) is 0 Å². The third-order valence-corrected chi connectivity index (χ3v) is 16.8. The van der Waals surface area contributed by atoms with Gasteiger partial charge in [0.25, 0.3) is 0 Å². The van der Waals surface area contributed by atoms with Crippen molar-refractivity contribution in [3.8, 4) is 0 Å². The molecule has 35 heavy (non-hydrogen) atoms. The molecular weight excluding hydrogens is 478 g/mol. The summed E-state index contributed by atoms with van der Waals surface area (Å²) in [6.45, 7) is 24.5. The van der Waals surface area contributed by atoms with Crippen molar-refractivity contribution in [2.24, 2.45) is 0 Å². The van der Waals surface area contributed by atoms with Gasteiger partial charge in [-0.15, -0.1) is 0 Å². The smallest absolute Gasteiger partial charge is 0.222 e. The van der Waals surface area contributed by atoms with Gasteiger partial charge in [0.15, 0.2) is 33.6 Å². The predicted molar refractivity (Wildman–Crippen MR) is 143 cm³/mol. The highest BCUT2D eigenvalue weighted by molar-refractivity contribution is 6.74. The molecule has 1 aliphatic rings. The van der Waals surface area contributed by atoms with Crippen LogP contribution in [0.2, 0.25) is 36.3 Å². The van der Waals surface area contributed by atoms with E-state index in [9.17, 15) is 4.79 Å². The number of rotatable bonds is 7. The Morgan fingerprint density at radius 3 is 2.29 bits per heavy atom. The molecule has 0 spiro atoms. The quantitative estimate of drug-likeness (QED) is 0.481. The zero-order chi connectivity index (χ0) is 26.4. The molecule has 0 unspecified atom stereocenters. The predicted octanol–water partition coefficient (Wildman–Crippen LogP) is 5.48. The van der Waals surface area contributed by atoms with E-state index in [2.05, 4.69) is 88.0 Å². The Bertz CT molecular complexity index is 1060. The largest absolute Gasteiger partial charge is 0.414 e. The highest BCUT2D eigenvalue weighted by Crippen LogP contribution is 2.43. The molecule has 9 nitrogen and oxygen atoms in total. The second-order valence-corrected chi connectivity index (χ2v) is 22.1. The Hall–Kier alpha value is -1.67. The van der Waals surface area contributed by atoms with E-state index in [-0.39, 0.29) is 34.4 Å². The van der Waals surface area contributed by atoms with Gasteiger partial charge >= 0.3 is 0 Å². The molecule has 1 aliphatic heterocycles. The van der Waals surface area contributed by atoms with Crippen LogP contribution in [0.5, 0.6) is 0 Å². The van der Waals surface area contributed by atoms with Crippen molar-refractivity contribution in [1.29, 1.82) is 0 Å². The fraction of sp³-hybridized carbons (Fsp3) is 0.750. The van der Waals surface area contributed by atoms with Crippen LogP contribution in [-0.4, -0.2) is 60.9 Å². The molecule has 196 valence electrons. The van der Waals surface area contributed by atoms with E-state index in [1.165, 1.54) is 13.3 Å².